The minimum absolute atomic E-state index is 0.268. The van der Waals surface area contributed by atoms with Crippen LogP contribution < -0.4 is 10.6 Å². The van der Waals surface area contributed by atoms with Crippen LogP contribution in [0.25, 0.3) is 10.8 Å². The van der Waals surface area contributed by atoms with Crippen LogP contribution in [0, 0.1) is 0 Å². The summed E-state index contributed by atoms with van der Waals surface area (Å²) in [6.07, 6.45) is 4.79. The molecule has 2 aromatic carbocycles. The second-order valence-electron chi connectivity index (χ2n) is 8.57. The lowest BCUT2D eigenvalue weighted by molar-refractivity contribution is 0.327. The molecule has 198 valence electrons. The molecule has 6 nitrogen and oxygen atoms in total. The van der Waals surface area contributed by atoms with Crippen LogP contribution in [0.15, 0.2) is 94.4 Å². The number of fused-ring (bicyclic) bond motifs is 1. The number of amidine groups is 1. The van der Waals surface area contributed by atoms with E-state index >= 15 is 0 Å². The van der Waals surface area contributed by atoms with E-state index in [-0.39, 0.29) is 6.00 Å². The van der Waals surface area contributed by atoms with Crippen LogP contribution in [0.4, 0.5) is 0 Å². The van der Waals surface area contributed by atoms with Crippen LogP contribution in [0.1, 0.15) is 38.2 Å². The van der Waals surface area contributed by atoms with Crippen molar-refractivity contribution in [3.8, 4) is 0 Å². The van der Waals surface area contributed by atoms with Gasteiger partial charge in [-0.15, -0.1) is 24.8 Å². The molecular weight excluding hydrogens is 480 g/mol. The molecule has 37 heavy (non-hydrogen) atoms. The Morgan fingerprint density at radius 2 is 1.84 bits per heavy atom. The molecule has 0 bridgehead atoms. The van der Waals surface area contributed by atoms with E-state index in [0.717, 1.165) is 74.0 Å². The van der Waals surface area contributed by atoms with Gasteiger partial charge in [0.2, 0.25) is 0 Å². The van der Waals surface area contributed by atoms with Gasteiger partial charge in [-0.3, -0.25) is 4.99 Å². The summed E-state index contributed by atoms with van der Waals surface area (Å²) in [5, 5.41) is 8.80. The molecule has 2 N–H and O–H groups in total. The molecule has 1 aliphatic rings. The molecule has 3 rings (SSSR count). The number of likely N-dealkylation sites (N-methyl/N-ethyl adjacent to an activating group) is 1. The second-order valence-corrected chi connectivity index (χ2v) is 8.83. The van der Waals surface area contributed by atoms with Crippen LogP contribution in [-0.2, 0) is 6.42 Å². The lowest BCUT2D eigenvalue weighted by atomic mass is 10.0. The highest BCUT2D eigenvalue weighted by Crippen LogP contribution is 2.21. The summed E-state index contributed by atoms with van der Waals surface area (Å²) in [5.41, 5.74) is 3.94. The molecule has 0 amide bonds. The van der Waals surface area contributed by atoms with E-state index in [2.05, 4.69) is 96.4 Å². The topological polar surface area (TPSA) is 64.4 Å². The molecule has 0 saturated heterocycles. The highest BCUT2D eigenvalue weighted by atomic mass is 35.5. The van der Waals surface area contributed by atoms with E-state index in [4.69, 9.17) is 21.6 Å². The maximum absolute atomic E-state index is 5.98. The minimum Gasteiger partial charge on any atom is -0.387 e. The number of aliphatic imine (C=N–C) groups is 3. The average Bonchev–Trinajstić information content (AvgIpc) is 3.39. The summed E-state index contributed by atoms with van der Waals surface area (Å²) in [5.74, 6) is 1.70. The number of unbranched alkanes of at least 4 members (excludes halogenated alkanes) is 1. The van der Waals surface area contributed by atoms with Crippen molar-refractivity contribution in [2.75, 3.05) is 32.7 Å². The van der Waals surface area contributed by atoms with Gasteiger partial charge in [-0.25, -0.2) is 9.98 Å². The zero-order valence-corrected chi connectivity index (χ0v) is 23.2. The summed E-state index contributed by atoms with van der Waals surface area (Å²) < 4.78 is 0. The first kappa shape index (κ1) is 29.8. The Morgan fingerprint density at radius 3 is 2.54 bits per heavy atom. The maximum Gasteiger partial charge on any atom is 0.153 e. The Morgan fingerprint density at radius 1 is 1.11 bits per heavy atom. The standard InChI is InChI=1S/C28H37ClN6.C2H4/c1-5-6-16-35(28(31-4)27(33-20-29)21(2)30-3)17-10-14-24-19-32-26(34-24)18-23-13-9-12-22-11-7-8-15-25(22)23;1-2/h7-9,11-13,15,30,33H,2,4-6,10,14,16-20H2,1,3H3;1-2H2/b28-27+;. The van der Waals surface area contributed by atoms with Gasteiger partial charge in [0.05, 0.1) is 18.2 Å². The second kappa shape index (κ2) is 16.4. The summed E-state index contributed by atoms with van der Waals surface area (Å²) in [6.45, 7) is 18.5. The highest BCUT2D eigenvalue weighted by molar-refractivity contribution is 6.17. The molecule has 2 aromatic rings. The molecule has 0 aliphatic carbocycles. The van der Waals surface area contributed by atoms with Gasteiger partial charge in [-0.05, 0) is 42.3 Å². The third-order valence-corrected chi connectivity index (χ3v) is 6.29. The molecule has 0 aromatic heterocycles. The lowest BCUT2D eigenvalue weighted by Crippen LogP contribution is -2.31. The number of benzene rings is 2. The van der Waals surface area contributed by atoms with Crippen molar-refractivity contribution >= 4 is 40.6 Å². The third kappa shape index (κ3) is 8.60. The fraction of sp³-hybridized carbons (Fsp3) is 0.367. The number of alkyl halides is 1. The maximum atomic E-state index is 5.98. The summed E-state index contributed by atoms with van der Waals surface area (Å²) in [4.78, 5) is 16.2. The van der Waals surface area contributed by atoms with E-state index in [1.165, 1.54) is 16.3 Å². The molecule has 1 aliphatic heterocycles. The van der Waals surface area contributed by atoms with E-state index < -0.39 is 0 Å². The van der Waals surface area contributed by atoms with Gasteiger partial charge in [0.15, 0.2) is 5.82 Å². The molecule has 0 radical (unpaired) electrons. The van der Waals surface area contributed by atoms with Crippen molar-refractivity contribution in [1.82, 2.24) is 15.5 Å². The van der Waals surface area contributed by atoms with E-state index in [1.807, 2.05) is 7.05 Å². The van der Waals surface area contributed by atoms with E-state index in [0.29, 0.717) is 6.54 Å². The van der Waals surface area contributed by atoms with Crippen molar-refractivity contribution < 1.29 is 0 Å². The van der Waals surface area contributed by atoms with Gasteiger partial charge in [0.1, 0.15) is 11.5 Å². The highest BCUT2D eigenvalue weighted by Gasteiger charge is 2.17. The van der Waals surface area contributed by atoms with Gasteiger partial charge >= 0.3 is 0 Å². The van der Waals surface area contributed by atoms with Crippen LogP contribution in [0.5, 0.6) is 0 Å². The summed E-state index contributed by atoms with van der Waals surface area (Å²) in [7, 11) is 1.84. The SMILES string of the molecule is C=C.C=N/C(=C(\NCCl)C(=C)NC)N(CCCC)CCCC1=NC(Cc2cccc3ccccc23)=NC1. The number of nitrogens with one attached hydrogen (secondary N) is 2. The Labute approximate surface area is 227 Å². The van der Waals surface area contributed by atoms with Crippen LogP contribution in [0.3, 0.4) is 0 Å². The van der Waals surface area contributed by atoms with Crippen molar-refractivity contribution in [3.05, 3.63) is 85.0 Å². The van der Waals surface area contributed by atoms with Crippen molar-refractivity contribution in [3.63, 3.8) is 0 Å². The molecule has 0 atom stereocenters. The Hall–Kier alpha value is -3.38. The normalized spacial score (nSPS) is 13.1. The molecule has 0 saturated carbocycles. The van der Waals surface area contributed by atoms with Crippen molar-refractivity contribution in [2.45, 2.75) is 39.0 Å². The predicted molar refractivity (Wildman–Crippen MR) is 163 cm³/mol. The monoisotopic (exact) mass is 520 g/mol. The van der Waals surface area contributed by atoms with E-state index in [9.17, 15) is 0 Å². The number of rotatable bonds is 15. The van der Waals surface area contributed by atoms with Gasteiger partial charge in [-0.1, -0.05) is 62.4 Å². The molecular formula is C30H41ClN6. The zero-order valence-electron chi connectivity index (χ0n) is 22.4. The first-order valence-corrected chi connectivity index (χ1v) is 13.3. The molecule has 7 heteroatoms. The van der Waals surface area contributed by atoms with Crippen LogP contribution >= 0.6 is 11.6 Å². The van der Waals surface area contributed by atoms with Gasteiger partial charge in [0, 0.05) is 32.3 Å². The quantitative estimate of drug-likeness (QED) is 0.0950. The van der Waals surface area contributed by atoms with Gasteiger partial charge < -0.3 is 15.5 Å². The number of halogens is 1. The Balaban J connectivity index is 0.00000235. The Kier molecular flexibility index (Phi) is 13.2. The van der Waals surface area contributed by atoms with E-state index in [1.54, 1.807) is 0 Å². The van der Waals surface area contributed by atoms with Gasteiger partial charge in [-0.2, -0.15) is 0 Å². The summed E-state index contributed by atoms with van der Waals surface area (Å²) >= 11 is 5.98. The summed E-state index contributed by atoms with van der Waals surface area (Å²) in [6, 6.07) is 15.2. The molecule has 1 heterocycles. The van der Waals surface area contributed by atoms with Crippen LogP contribution in [0.2, 0.25) is 0 Å². The smallest absolute Gasteiger partial charge is 0.153 e. The largest absolute Gasteiger partial charge is 0.387 e. The van der Waals surface area contributed by atoms with Gasteiger partial charge in [0.25, 0.3) is 0 Å². The van der Waals surface area contributed by atoms with Crippen molar-refractivity contribution in [2.24, 2.45) is 15.0 Å². The fourth-order valence-corrected chi connectivity index (χ4v) is 4.41. The number of hydrogen-bond acceptors (Lipinski definition) is 6. The first-order valence-electron chi connectivity index (χ1n) is 12.8. The van der Waals surface area contributed by atoms with Crippen LogP contribution in [-0.4, -0.2) is 55.9 Å². The molecule has 0 unspecified atom stereocenters. The Bertz CT molecular complexity index is 1130. The molecule has 0 fully saturated rings. The lowest BCUT2D eigenvalue weighted by Gasteiger charge is -2.28. The minimum atomic E-state index is 0.268. The molecule has 0 spiro atoms. The number of nitrogens with zero attached hydrogens (tertiary/aromatic N) is 4. The zero-order chi connectivity index (χ0) is 27.0. The number of hydrogen-bond donors (Lipinski definition) is 2. The van der Waals surface area contributed by atoms with Crippen molar-refractivity contribution in [1.29, 1.82) is 0 Å². The first-order chi connectivity index (χ1) is 18.1. The third-order valence-electron chi connectivity index (χ3n) is 6.15. The fourth-order valence-electron chi connectivity index (χ4n) is 4.28. The average molecular weight is 521 g/mol. The predicted octanol–water partition coefficient (Wildman–Crippen LogP) is 6.31.